The first kappa shape index (κ1) is 14.9. The third-order valence-electron chi connectivity index (χ3n) is 2.14. The molecule has 0 saturated carbocycles. The average Bonchev–Trinajstić information content (AvgIpc) is 2.28. The van der Waals surface area contributed by atoms with Gasteiger partial charge in [-0.05, 0) is 24.6 Å². The number of amides is 1. The molecule has 0 bridgehead atoms. The number of rotatable bonds is 6. The number of hydrogen-bond acceptors (Lipinski definition) is 3. The first-order valence-electron chi connectivity index (χ1n) is 5.33. The summed E-state index contributed by atoms with van der Waals surface area (Å²) in [4.78, 5) is 21.9. The lowest BCUT2D eigenvalue weighted by Gasteiger charge is -2.08. The molecular formula is C12H14ClNO3S. The van der Waals surface area contributed by atoms with Crippen LogP contribution in [0.1, 0.15) is 12.5 Å². The molecule has 1 aromatic carbocycles. The molecule has 1 unspecified atom stereocenters. The van der Waals surface area contributed by atoms with Gasteiger partial charge in [0.1, 0.15) is 6.04 Å². The maximum absolute atomic E-state index is 11.4. The molecule has 0 fully saturated rings. The van der Waals surface area contributed by atoms with Crippen LogP contribution >= 0.6 is 23.4 Å². The van der Waals surface area contributed by atoms with E-state index in [0.29, 0.717) is 10.8 Å². The minimum atomic E-state index is -1.04. The average molecular weight is 288 g/mol. The molecule has 0 radical (unpaired) electrons. The summed E-state index contributed by atoms with van der Waals surface area (Å²) in [6, 6.07) is 6.55. The fourth-order valence-electron chi connectivity index (χ4n) is 1.23. The van der Waals surface area contributed by atoms with Gasteiger partial charge in [-0.25, -0.2) is 0 Å². The van der Waals surface area contributed by atoms with E-state index in [4.69, 9.17) is 16.7 Å². The van der Waals surface area contributed by atoms with Crippen LogP contribution in [0.3, 0.4) is 0 Å². The molecule has 0 aliphatic heterocycles. The van der Waals surface area contributed by atoms with Crippen molar-refractivity contribution in [2.24, 2.45) is 0 Å². The van der Waals surface area contributed by atoms with E-state index in [0.717, 1.165) is 5.56 Å². The van der Waals surface area contributed by atoms with Crippen LogP contribution in [0.4, 0.5) is 0 Å². The van der Waals surface area contributed by atoms with E-state index in [1.165, 1.54) is 18.7 Å². The van der Waals surface area contributed by atoms with Crippen molar-refractivity contribution in [3.63, 3.8) is 0 Å². The van der Waals surface area contributed by atoms with E-state index >= 15 is 0 Å². The molecule has 0 aromatic heterocycles. The normalized spacial score (nSPS) is 11.9. The van der Waals surface area contributed by atoms with E-state index in [2.05, 4.69) is 5.32 Å². The number of aliphatic carboxylic acids is 1. The summed E-state index contributed by atoms with van der Waals surface area (Å²) in [5.74, 6) is -0.431. The molecule has 0 aliphatic rings. The van der Waals surface area contributed by atoms with Gasteiger partial charge in [0.2, 0.25) is 5.91 Å². The van der Waals surface area contributed by atoms with Crippen molar-refractivity contribution in [1.29, 1.82) is 0 Å². The number of carbonyl (C=O) groups is 2. The zero-order valence-electron chi connectivity index (χ0n) is 9.85. The van der Waals surface area contributed by atoms with Crippen LogP contribution in [0.25, 0.3) is 0 Å². The molecule has 1 atom stereocenters. The number of benzene rings is 1. The van der Waals surface area contributed by atoms with Gasteiger partial charge in [-0.3, -0.25) is 9.59 Å². The fraction of sp³-hybridized carbons (Fsp3) is 0.333. The third kappa shape index (κ3) is 5.42. The largest absolute Gasteiger partial charge is 0.480 e. The first-order chi connectivity index (χ1) is 8.49. The minimum absolute atomic E-state index is 0.226. The Hall–Kier alpha value is -1.20. The molecule has 4 nitrogen and oxygen atoms in total. The molecule has 18 heavy (non-hydrogen) atoms. The van der Waals surface area contributed by atoms with Crippen LogP contribution in [-0.2, 0) is 15.3 Å². The lowest BCUT2D eigenvalue weighted by atomic mass is 10.2. The van der Waals surface area contributed by atoms with E-state index < -0.39 is 12.0 Å². The zero-order chi connectivity index (χ0) is 13.5. The second-order valence-corrected chi connectivity index (χ2v) is 5.17. The van der Waals surface area contributed by atoms with Crippen LogP contribution in [0, 0.1) is 0 Å². The fourth-order valence-corrected chi connectivity index (χ4v) is 2.23. The van der Waals surface area contributed by atoms with Gasteiger partial charge in [0.05, 0.1) is 5.75 Å². The highest BCUT2D eigenvalue weighted by molar-refractivity contribution is 7.99. The lowest BCUT2D eigenvalue weighted by Crippen LogP contribution is -2.39. The van der Waals surface area contributed by atoms with Gasteiger partial charge >= 0.3 is 5.97 Å². The predicted octanol–water partition coefficient (Wildman–Crippen LogP) is 2.16. The number of halogens is 1. The third-order valence-corrected chi connectivity index (χ3v) is 3.38. The van der Waals surface area contributed by atoms with Crippen LogP contribution in [0.2, 0.25) is 5.02 Å². The molecule has 0 aliphatic carbocycles. The molecule has 0 heterocycles. The monoisotopic (exact) mass is 287 g/mol. The highest BCUT2D eigenvalue weighted by Crippen LogP contribution is 2.16. The van der Waals surface area contributed by atoms with Crippen molar-refractivity contribution < 1.29 is 14.7 Å². The maximum Gasteiger partial charge on any atom is 0.325 e. The number of thioether (sulfide) groups is 1. The molecule has 0 spiro atoms. The van der Waals surface area contributed by atoms with Gasteiger partial charge in [-0.1, -0.05) is 23.7 Å². The van der Waals surface area contributed by atoms with Crippen molar-refractivity contribution >= 4 is 35.2 Å². The van der Waals surface area contributed by atoms with E-state index in [1.807, 2.05) is 18.2 Å². The molecule has 1 aromatic rings. The van der Waals surface area contributed by atoms with Gasteiger partial charge in [0, 0.05) is 10.8 Å². The zero-order valence-corrected chi connectivity index (χ0v) is 11.4. The van der Waals surface area contributed by atoms with E-state index in [1.54, 1.807) is 6.07 Å². The van der Waals surface area contributed by atoms with Crippen molar-refractivity contribution in [3.8, 4) is 0 Å². The van der Waals surface area contributed by atoms with Crippen LogP contribution in [-0.4, -0.2) is 28.8 Å². The number of hydrogen-bond donors (Lipinski definition) is 2. The highest BCUT2D eigenvalue weighted by atomic mass is 35.5. The quantitative estimate of drug-likeness (QED) is 0.841. The van der Waals surface area contributed by atoms with Crippen LogP contribution in [0.15, 0.2) is 24.3 Å². The van der Waals surface area contributed by atoms with Crippen LogP contribution < -0.4 is 5.32 Å². The molecule has 98 valence electrons. The SMILES string of the molecule is CC(NC(=O)CSCc1cccc(Cl)c1)C(=O)O. The Morgan fingerprint density at radius 3 is 2.83 bits per heavy atom. The highest BCUT2D eigenvalue weighted by Gasteiger charge is 2.13. The number of carbonyl (C=O) groups excluding carboxylic acids is 1. The van der Waals surface area contributed by atoms with Crippen molar-refractivity contribution in [2.45, 2.75) is 18.7 Å². The Labute approximate surface area is 115 Å². The predicted molar refractivity (Wildman–Crippen MR) is 72.9 cm³/mol. The number of carboxylic acid groups (broad SMARTS) is 1. The summed E-state index contributed by atoms with van der Waals surface area (Å²) in [6.45, 7) is 1.43. The number of carboxylic acids is 1. The molecule has 1 amide bonds. The van der Waals surface area contributed by atoms with E-state index in [9.17, 15) is 9.59 Å². The Morgan fingerprint density at radius 1 is 1.50 bits per heavy atom. The first-order valence-corrected chi connectivity index (χ1v) is 6.86. The molecule has 6 heteroatoms. The van der Waals surface area contributed by atoms with Crippen LogP contribution in [0.5, 0.6) is 0 Å². The summed E-state index contributed by atoms with van der Waals surface area (Å²) >= 11 is 7.25. The second-order valence-electron chi connectivity index (χ2n) is 3.75. The van der Waals surface area contributed by atoms with Crippen molar-refractivity contribution in [3.05, 3.63) is 34.9 Å². The Morgan fingerprint density at radius 2 is 2.22 bits per heavy atom. The van der Waals surface area contributed by atoms with E-state index in [-0.39, 0.29) is 11.7 Å². The van der Waals surface area contributed by atoms with Gasteiger partial charge < -0.3 is 10.4 Å². The Bertz CT molecular complexity index is 439. The topological polar surface area (TPSA) is 66.4 Å². The van der Waals surface area contributed by atoms with Gasteiger partial charge in [-0.2, -0.15) is 0 Å². The maximum atomic E-state index is 11.4. The summed E-state index contributed by atoms with van der Waals surface area (Å²) < 4.78 is 0. The summed E-state index contributed by atoms with van der Waals surface area (Å²) in [5, 5.41) is 11.7. The van der Waals surface area contributed by atoms with Gasteiger partial charge in [-0.15, -0.1) is 11.8 Å². The Balaban J connectivity index is 2.29. The molecule has 1 rings (SSSR count). The Kier molecular flexibility index (Phi) is 6.01. The molecule has 0 saturated heterocycles. The standard InChI is InChI=1S/C12H14ClNO3S/c1-8(12(16)17)14-11(15)7-18-6-9-3-2-4-10(13)5-9/h2-5,8H,6-7H2,1H3,(H,14,15)(H,16,17). The van der Waals surface area contributed by atoms with Crippen molar-refractivity contribution in [2.75, 3.05) is 5.75 Å². The lowest BCUT2D eigenvalue weighted by molar-refractivity contribution is -0.140. The molecular weight excluding hydrogens is 274 g/mol. The van der Waals surface area contributed by atoms with Gasteiger partial charge in [0.15, 0.2) is 0 Å². The van der Waals surface area contributed by atoms with Gasteiger partial charge in [0.25, 0.3) is 0 Å². The smallest absolute Gasteiger partial charge is 0.325 e. The minimum Gasteiger partial charge on any atom is -0.480 e. The summed E-state index contributed by atoms with van der Waals surface area (Å²) in [5.41, 5.74) is 1.03. The van der Waals surface area contributed by atoms with Crippen molar-refractivity contribution in [1.82, 2.24) is 5.32 Å². The summed E-state index contributed by atoms with van der Waals surface area (Å²) in [6.07, 6.45) is 0. The number of nitrogens with one attached hydrogen (secondary N) is 1. The second kappa shape index (κ2) is 7.28. The molecule has 2 N–H and O–H groups in total. The summed E-state index contributed by atoms with van der Waals surface area (Å²) in [7, 11) is 0.